The van der Waals surface area contributed by atoms with E-state index < -0.39 is 21.6 Å². The molecule has 1 N–H and O–H groups in total. The molecule has 0 radical (unpaired) electrons. The Morgan fingerprint density at radius 1 is 1.03 bits per heavy atom. The first-order chi connectivity index (χ1) is 14.5. The Labute approximate surface area is 178 Å². The first kappa shape index (κ1) is 20.3. The van der Waals surface area contributed by atoms with Gasteiger partial charge in [-0.05, 0) is 41.1 Å². The van der Waals surface area contributed by atoms with Crippen molar-refractivity contribution in [2.75, 3.05) is 10.8 Å². The molecule has 30 heavy (non-hydrogen) atoms. The number of hydrogen-bond acceptors (Lipinski definition) is 5. The third kappa shape index (κ3) is 4.01. The van der Waals surface area contributed by atoms with Crippen molar-refractivity contribution in [2.24, 2.45) is 0 Å². The molecule has 0 saturated heterocycles. The molecular weight excluding hydrogens is 423 g/mol. The van der Waals surface area contributed by atoms with Crippen LogP contribution in [0.15, 0.2) is 77.1 Å². The molecule has 2 heterocycles. The second-order valence-electron chi connectivity index (χ2n) is 6.80. The second-order valence-corrected chi connectivity index (χ2v) is 9.55. The summed E-state index contributed by atoms with van der Waals surface area (Å²) in [5.74, 6) is -0.968. The van der Waals surface area contributed by atoms with Crippen molar-refractivity contribution in [1.82, 2.24) is 5.32 Å². The Bertz CT molecular complexity index is 1200. The SMILES string of the molecule is O=C1/C(=C/NCCc2ccccc2)S(=O)(=O)N(Cc2cccc(F)c2)c2ccsc21. The monoisotopic (exact) mass is 442 g/mol. The summed E-state index contributed by atoms with van der Waals surface area (Å²) >= 11 is 1.19. The minimum Gasteiger partial charge on any atom is -0.389 e. The molecule has 3 aromatic rings. The number of sulfonamides is 1. The Morgan fingerprint density at radius 3 is 2.57 bits per heavy atom. The van der Waals surface area contributed by atoms with E-state index in [0.29, 0.717) is 29.1 Å². The van der Waals surface area contributed by atoms with E-state index >= 15 is 0 Å². The minimum atomic E-state index is -4.09. The maximum atomic E-state index is 13.6. The minimum absolute atomic E-state index is 0.0571. The zero-order chi connectivity index (χ0) is 21.1. The number of hydrogen-bond donors (Lipinski definition) is 1. The molecule has 8 heteroatoms. The molecule has 2 aromatic carbocycles. The van der Waals surface area contributed by atoms with Gasteiger partial charge in [0, 0.05) is 12.7 Å². The first-order valence-electron chi connectivity index (χ1n) is 9.33. The summed E-state index contributed by atoms with van der Waals surface area (Å²) in [6.45, 7) is 0.427. The fourth-order valence-electron chi connectivity index (χ4n) is 3.28. The number of halogens is 1. The Kier molecular flexibility index (Phi) is 5.69. The van der Waals surface area contributed by atoms with E-state index in [1.54, 1.807) is 17.5 Å². The summed E-state index contributed by atoms with van der Waals surface area (Å²) in [6, 6.07) is 17.1. The van der Waals surface area contributed by atoms with Crippen molar-refractivity contribution in [3.05, 3.63) is 99.0 Å². The molecule has 1 aliphatic heterocycles. The van der Waals surface area contributed by atoms with E-state index in [-0.39, 0.29) is 11.4 Å². The lowest BCUT2D eigenvalue weighted by molar-refractivity contribution is 0.104. The smallest absolute Gasteiger partial charge is 0.270 e. The van der Waals surface area contributed by atoms with Crippen LogP contribution in [-0.4, -0.2) is 20.7 Å². The molecule has 0 bridgehead atoms. The van der Waals surface area contributed by atoms with Gasteiger partial charge in [-0.1, -0.05) is 42.5 Å². The number of benzene rings is 2. The highest BCUT2D eigenvalue weighted by molar-refractivity contribution is 7.97. The van der Waals surface area contributed by atoms with Crippen LogP contribution in [0.1, 0.15) is 20.8 Å². The summed E-state index contributed by atoms with van der Waals surface area (Å²) < 4.78 is 41.2. The second kappa shape index (κ2) is 8.41. The predicted octanol–water partition coefficient (Wildman–Crippen LogP) is 4.09. The number of carbonyl (C=O) groups is 1. The number of allylic oxidation sites excluding steroid dienone is 1. The maximum absolute atomic E-state index is 13.6. The Morgan fingerprint density at radius 2 is 1.80 bits per heavy atom. The molecular formula is C22H19FN2O3S2. The molecule has 0 saturated carbocycles. The lowest BCUT2D eigenvalue weighted by atomic mass is 10.1. The molecule has 0 spiro atoms. The molecule has 0 fully saturated rings. The summed E-state index contributed by atoms with van der Waals surface area (Å²) in [7, 11) is -4.09. The van der Waals surface area contributed by atoms with Crippen molar-refractivity contribution >= 4 is 32.8 Å². The average molecular weight is 443 g/mol. The van der Waals surface area contributed by atoms with Crippen molar-refractivity contribution in [3.8, 4) is 0 Å². The third-order valence-corrected chi connectivity index (χ3v) is 7.43. The van der Waals surface area contributed by atoms with Crippen LogP contribution in [0.2, 0.25) is 0 Å². The van der Waals surface area contributed by atoms with Gasteiger partial charge in [0.15, 0.2) is 4.91 Å². The van der Waals surface area contributed by atoms with Gasteiger partial charge in [-0.3, -0.25) is 9.10 Å². The van der Waals surface area contributed by atoms with Gasteiger partial charge in [0.05, 0.1) is 12.2 Å². The number of rotatable bonds is 6. The van der Waals surface area contributed by atoms with Crippen LogP contribution >= 0.6 is 11.3 Å². The van der Waals surface area contributed by atoms with Crippen LogP contribution in [0, 0.1) is 5.82 Å². The quantitative estimate of drug-likeness (QED) is 0.461. The fraction of sp³-hybridized carbons (Fsp3) is 0.136. The highest BCUT2D eigenvalue weighted by Crippen LogP contribution is 2.39. The van der Waals surface area contributed by atoms with Crippen molar-refractivity contribution in [3.63, 3.8) is 0 Å². The zero-order valence-electron chi connectivity index (χ0n) is 15.9. The van der Waals surface area contributed by atoms with Crippen LogP contribution in [-0.2, 0) is 23.0 Å². The van der Waals surface area contributed by atoms with Crippen molar-refractivity contribution in [2.45, 2.75) is 13.0 Å². The Balaban J connectivity index is 1.60. The van der Waals surface area contributed by atoms with Crippen LogP contribution in [0.3, 0.4) is 0 Å². The molecule has 0 amide bonds. The van der Waals surface area contributed by atoms with E-state index in [9.17, 15) is 17.6 Å². The third-order valence-electron chi connectivity index (χ3n) is 4.76. The number of thiophene rings is 1. The number of carbonyl (C=O) groups excluding carboxylic acids is 1. The van der Waals surface area contributed by atoms with Gasteiger partial charge in [0.25, 0.3) is 10.0 Å². The largest absolute Gasteiger partial charge is 0.389 e. The van der Waals surface area contributed by atoms with Crippen LogP contribution in [0.25, 0.3) is 0 Å². The number of nitrogens with zero attached hydrogens (tertiary/aromatic N) is 1. The van der Waals surface area contributed by atoms with E-state index in [1.165, 1.54) is 40.0 Å². The molecule has 5 nitrogen and oxygen atoms in total. The number of ketones is 1. The van der Waals surface area contributed by atoms with Crippen molar-refractivity contribution in [1.29, 1.82) is 0 Å². The molecule has 0 unspecified atom stereocenters. The van der Waals surface area contributed by atoms with E-state index in [1.807, 2.05) is 30.3 Å². The van der Waals surface area contributed by atoms with E-state index in [2.05, 4.69) is 5.32 Å². The van der Waals surface area contributed by atoms with Crippen LogP contribution in [0.5, 0.6) is 0 Å². The molecule has 1 aromatic heterocycles. The highest BCUT2D eigenvalue weighted by atomic mass is 32.2. The van der Waals surface area contributed by atoms with Gasteiger partial charge in [-0.2, -0.15) is 0 Å². The van der Waals surface area contributed by atoms with Crippen LogP contribution < -0.4 is 9.62 Å². The average Bonchev–Trinajstić information content (AvgIpc) is 3.21. The summed E-state index contributed by atoms with van der Waals surface area (Å²) in [4.78, 5) is 12.9. The first-order valence-corrected chi connectivity index (χ1v) is 11.7. The predicted molar refractivity (Wildman–Crippen MR) is 116 cm³/mol. The van der Waals surface area contributed by atoms with E-state index in [4.69, 9.17) is 0 Å². The zero-order valence-corrected chi connectivity index (χ0v) is 17.5. The molecule has 0 aliphatic carbocycles. The topological polar surface area (TPSA) is 66.5 Å². The van der Waals surface area contributed by atoms with Crippen molar-refractivity contribution < 1.29 is 17.6 Å². The number of Topliss-reactive ketones (excluding diaryl/α,β-unsaturated/α-hetero) is 1. The highest BCUT2D eigenvalue weighted by Gasteiger charge is 2.41. The summed E-state index contributed by atoms with van der Waals surface area (Å²) in [6.07, 6.45) is 1.97. The molecule has 4 rings (SSSR count). The lowest BCUT2D eigenvalue weighted by Gasteiger charge is -2.29. The number of nitrogens with one attached hydrogen (secondary N) is 1. The number of fused-ring (bicyclic) bond motifs is 1. The van der Waals surface area contributed by atoms with Crippen LogP contribution in [0.4, 0.5) is 10.1 Å². The maximum Gasteiger partial charge on any atom is 0.270 e. The molecule has 154 valence electrons. The van der Waals surface area contributed by atoms with Gasteiger partial charge >= 0.3 is 0 Å². The molecule has 1 aliphatic rings. The fourth-order valence-corrected chi connectivity index (χ4v) is 5.79. The normalized spacial score (nSPS) is 16.5. The van der Waals surface area contributed by atoms with Gasteiger partial charge < -0.3 is 5.32 Å². The van der Waals surface area contributed by atoms with Gasteiger partial charge in [-0.15, -0.1) is 11.3 Å². The van der Waals surface area contributed by atoms with Gasteiger partial charge in [-0.25, -0.2) is 12.8 Å². The summed E-state index contributed by atoms with van der Waals surface area (Å²) in [5.41, 5.74) is 1.94. The Hall–Kier alpha value is -2.97. The van der Waals surface area contributed by atoms with Gasteiger partial charge in [0.1, 0.15) is 10.7 Å². The lowest BCUT2D eigenvalue weighted by Crippen LogP contribution is -2.38. The van der Waals surface area contributed by atoms with Gasteiger partial charge in [0.2, 0.25) is 5.78 Å². The standard InChI is InChI=1S/C22H19FN2O3S2/c23-18-8-4-7-17(13-18)15-25-19-10-12-29-22(19)21(26)20(30(25,27)28)14-24-11-9-16-5-2-1-3-6-16/h1-8,10,12-14,24H,9,11,15H2/b20-14-. The molecule has 0 atom stereocenters. The number of anilines is 1. The summed E-state index contributed by atoms with van der Waals surface area (Å²) in [5, 5.41) is 4.65. The van der Waals surface area contributed by atoms with E-state index in [0.717, 1.165) is 5.56 Å².